The molecule has 2 fully saturated rings. The van der Waals surface area contributed by atoms with Gasteiger partial charge in [0.2, 0.25) is 0 Å². The van der Waals surface area contributed by atoms with E-state index in [0.717, 1.165) is 25.9 Å². The molecule has 4 rings (SSSR count). The summed E-state index contributed by atoms with van der Waals surface area (Å²) >= 11 is 0. The second-order valence-corrected chi connectivity index (χ2v) is 8.95. The van der Waals surface area contributed by atoms with Crippen LogP contribution in [-0.2, 0) is 6.54 Å². The molecule has 0 radical (unpaired) electrons. The number of amides is 2. The minimum absolute atomic E-state index is 0.0630. The average molecular weight is 404 g/mol. The van der Waals surface area contributed by atoms with Crippen molar-refractivity contribution in [1.29, 1.82) is 0 Å². The van der Waals surface area contributed by atoms with E-state index in [0.29, 0.717) is 12.2 Å². The van der Waals surface area contributed by atoms with Crippen molar-refractivity contribution >= 4 is 11.8 Å². The van der Waals surface area contributed by atoms with Gasteiger partial charge in [0.05, 0.1) is 12.6 Å². The summed E-state index contributed by atoms with van der Waals surface area (Å²) in [6.45, 7) is 3.35. The Labute approximate surface area is 172 Å². The molecule has 8 nitrogen and oxygen atoms in total. The summed E-state index contributed by atoms with van der Waals surface area (Å²) in [7, 11) is 1.85. The monoisotopic (exact) mass is 403 g/mol. The molecule has 0 unspecified atom stereocenters. The van der Waals surface area contributed by atoms with Crippen LogP contribution in [0.25, 0.3) is 0 Å². The number of aliphatic hydroxyl groups excluding tert-OH is 1. The molecule has 1 aromatic rings. The van der Waals surface area contributed by atoms with Gasteiger partial charge in [-0.2, -0.15) is 5.10 Å². The maximum absolute atomic E-state index is 13.2. The number of aromatic nitrogens is 2. The van der Waals surface area contributed by atoms with Gasteiger partial charge in [-0.1, -0.05) is 25.7 Å². The van der Waals surface area contributed by atoms with Crippen molar-refractivity contribution in [3.05, 3.63) is 17.5 Å². The van der Waals surface area contributed by atoms with E-state index in [1.807, 2.05) is 7.05 Å². The summed E-state index contributed by atoms with van der Waals surface area (Å²) in [6.07, 6.45) is 9.07. The number of hydrogen-bond donors (Lipinski definition) is 2. The molecule has 8 heteroatoms. The van der Waals surface area contributed by atoms with Crippen LogP contribution in [0.2, 0.25) is 0 Å². The van der Waals surface area contributed by atoms with E-state index in [4.69, 9.17) is 0 Å². The van der Waals surface area contributed by atoms with Crippen LogP contribution in [0.4, 0.5) is 0 Å². The standard InChI is InChI=1S/C21H33N5O3/c1-24(15-21(8-4-2-5-9-21)25-10-6-3-7-11-25)20(29)17-12-18-19(28)22-13-16(27)14-26(18)23-17/h12,16,27H,2-11,13-15H2,1H3,(H,22,28)/t16-/m1/s1. The molecule has 29 heavy (non-hydrogen) atoms. The molecule has 1 saturated heterocycles. The van der Waals surface area contributed by atoms with Crippen molar-refractivity contribution < 1.29 is 14.7 Å². The number of piperidine rings is 1. The molecule has 2 aliphatic heterocycles. The summed E-state index contributed by atoms with van der Waals surface area (Å²) in [6, 6.07) is 1.56. The molecule has 1 aliphatic carbocycles. The van der Waals surface area contributed by atoms with Crippen LogP contribution in [0, 0.1) is 0 Å². The van der Waals surface area contributed by atoms with Gasteiger partial charge in [0.25, 0.3) is 11.8 Å². The minimum Gasteiger partial charge on any atom is -0.389 e. The van der Waals surface area contributed by atoms with Crippen molar-refractivity contribution in [2.24, 2.45) is 0 Å². The minimum atomic E-state index is -0.703. The Morgan fingerprint density at radius 1 is 1.24 bits per heavy atom. The number of nitrogens with zero attached hydrogens (tertiary/aromatic N) is 4. The topological polar surface area (TPSA) is 90.7 Å². The van der Waals surface area contributed by atoms with Gasteiger partial charge in [0.15, 0.2) is 5.69 Å². The average Bonchev–Trinajstić information content (AvgIpc) is 3.11. The van der Waals surface area contributed by atoms with Gasteiger partial charge in [0.1, 0.15) is 5.69 Å². The highest BCUT2D eigenvalue weighted by Crippen LogP contribution is 2.36. The molecule has 0 bridgehead atoms. The Balaban J connectivity index is 1.52. The Morgan fingerprint density at radius 3 is 2.66 bits per heavy atom. The number of rotatable bonds is 4. The lowest BCUT2D eigenvalue weighted by Gasteiger charge is -2.49. The third-order valence-corrected chi connectivity index (χ3v) is 6.80. The SMILES string of the molecule is CN(CC1(N2CCCCC2)CCCCC1)C(=O)c1cc2n(n1)C[C@H](O)CNC2=O. The van der Waals surface area contributed by atoms with E-state index >= 15 is 0 Å². The van der Waals surface area contributed by atoms with Crippen LogP contribution >= 0.6 is 0 Å². The zero-order valence-electron chi connectivity index (χ0n) is 17.4. The van der Waals surface area contributed by atoms with Crippen LogP contribution in [0.1, 0.15) is 72.3 Å². The van der Waals surface area contributed by atoms with Gasteiger partial charge in [0, 0.05) is 31.7 Å². The predicted octanol–water partition coefficient (Wildman–Crippen LogP) is 1.25. The number of aliphatic hydroxyl groups is 1. The van der Waals surface area contributed by atoms with Gasteiger partial charge in [-0.25, -0.2) is 0 Å². The lowest BCUT2D eigenvalue weighted by Crippen LogP contribution is -2.58. The van der Waals surface area contributed by atoms with Gasteiger partial charge in [-0.3, -0.25) is 19.2 Å². The van der Waals surface area contributed by atoms with Gasteiger partial charge in [-0.05, 0) is 38.8 Å². The summed E-state index contributed by atoms with van der Waals surface area (Å²) in [4.78, 5) is 29.8. The van der Waals surface area contributed by atoms with Crippen LogP contribution < -0.4 is 5.32 Å². The van der Waals surface area contributed by atoms with E-state index in [1.165, 1.54) is 43.2 Å². The number of likely N-dealkylation sites (tertiary alicyclic amines) is 1. The van der Waals surface area contributed by atoms with Gasteiger partial charge in [-0.15, -0.1) is 0 Å². The quantitative estimate of drug-likeness (QED) is 0.790. The number of likely N-dealkylation sites (N-methyl/N-ethyl adjacent to an activating group) is 1. The third kappa shape index (κ3) is 4.19. The fraction of sp³-hybridized carbons (Fsp3) is 0.762. The first-order chi connectivity index (χ1) is 14.0. The van der Waals surface area contributed by atoms with E-state index in [-0.39, 0.29) is 36.1 Å². The van der Waals surface area contributed by atoms with E-state index in [2.05, 4.69) is 15.3 Å². The van der Waals surface area contributed by atoms with Crippen molar-refractivity contribution in [1.82, 2.24) is 24.9 Å². The Bertz CT molecular complexity index is 749. The molecule has 2 amide bonds. The molecular weight excluding hydrogens is 370 g/mol. The molecule has 0 spiro atoms. The lowest BCUT2D eigenvalue weighted by atomic mass is 9.78. The first-order valence-corrected chi connectivity index (χ1v) is 11.0. The van der Waals surface area contributed by atoms with Crippen LogP contribution in [0.5, 0.6) is 0 Å². The molecule has 3 heterocycles. The normalized spacial score (nSPS) is 25.0. The summed E-state index contributed by atoms with van der Waals surface area (Å²) < 4.78 is 1.45. The van der Waals surface area contributed by atoms with E-state index in [1.54, 1.807) is 11.0 Å². The highest BCUT2D eigenvalue weighted by Gasteiger charge is 2.40. The third-order valence-electron chi connectivity index (χ3n) is 6.80. The molecule has 160 valence electrons. The zero-order valence-corrected chi connectivity index (χ0v) is 17.4. The van der Waals surface area contributed by atoms with Gasteiger partial charge < -0.3 is 15.3 Å². The number of hydrogen-bond acceptors (Lipinski definition) is 5. The zero-order chi connectivity index (χ0) is 20.4. The largest absolute Gasteiger partial charge is 0.389 e. The predicted molar refractivity (Wildman–Crippen MR) is 109 cm³/mol. The Morgan fingerprint density at radius 2 is 1.93 bits per heavy atom. The number of β-amino-alcohol motifs (C(OH)–C–C–N with tert-alkyl or cyclic N) is 1. The van der Waals surface area contributed by atoms with Crippen LogP contribution in [-0.4, -0.2) is 81.4 Å². The Hall–Kier alpha value is -1.93. The van der Waals surface area contributed by atoms with E-state index in [9.17, 15) is 14.7 Å². The first kappa shape index (κ1) is 20.3. The highest BCUT2D eigenvalue weighted by molar-refractivity contribution is 5.98. The number of nitrogens with one attached hydrogen (secondary N) is 1. The number of fused-ring (bicyclic) bond motifs is 1. The van der Waals surface area contributed by atoms with Crippen LogP contribution in [0.15, 0.2) is 6.07 Å². The van der Waals surface area contributed by atoms with Crippen molar-refractivity contribution in [3.8, 4) is 0 Å². The first-order valence-electron chi connectivity index (χ1n) is 11.0. The van der Waals surface area contributed by atoms with Crippen molar-refractivity contribution in [3.63, 3.8) is 0 Å². The van der Waals surface area contributed by atoms with E-state index < -0.39 is 6.10 Å². The molecule has 3 aliphatic rings. The molecule has 1 aromatic heterocycles. The molecule has 1 saturated carbocycles. The van der Waals surface area contributed by atoms with Crippen molar-refractivity contribution in [2.75, 3.05) is 33.2 Å². The maximum atomic E-state index is 13.2. The van der Waals surface area contributed by atoms with Gasteiger partial charge >= 0.3 is 0 Å². The Kier molecular flexibility index (Phi) is 5.92. The number of carbonyl (C=O) groups is 2. The molecule has 2 N–H and O–H groups in total. The molecule has 0 aromatic carbocycles. The summed E-state index contributed by atoms with van der Waals surface area (Å²) in [5, 5.41) is 16.9. The smallest absolute Gasteiger partial charge is 0.274 e. The fourth-order valence-corrected chi connectivity index (χ4v) is 5.27. The summed E-state index contributed by atoms with van der Waals surface area (Å²) in [5.74, 6) is -0.456. The maximum Gasteiger partial charge on any atom is 0.274 e. The van der Waals surface area contributed by atoms with Crippen LogP contribution in [0.3, 0.4) is 0 Å². The number of carbonyl (C=O) groups excluding carboxylic acids is 2. The molecular formula is C21H33N5O3. The fourth-order valence-electron chi connectivity index (χ4n) is 5.27. The second kappa shape index (κ2) is 8.44. The highest BCUT2D eigenvalue weighted by atomic mass is 16.3. The second-order valence-electron chi connectivity index (χ2n) is 8.95. The van der Waals surface area contributed by atoms with Crippen molar-refractivity contribution in [2.45, 2.75) is 69.6 Å². The summed E-state index contributed by atoms with van der Waals surface area (Å²) in [5.41, 5.74) is 0.672. The molecule has 1 atom stereocenters. The lowest BCUT2D eigenvalue weighted by molar-refractivity contribution is 0.00971.